The van der Waals surface area contributed by atoms with Crippen molar-refractivity contribution in [2.75, 3.05) is 13.1 Å². The fourth-order valence-electron chi connectivity index (χ4n) is 1.50. The SMILES string of the molecule is CCN(CC)C(F)(F)c1ccccc1F. The lowest BCUT2D eigenvalue weighted by Gasteiger charge is -2.29. The molecule has 0 N–H and O–H groups in total. The van der Waals surface area contributed by atoms with Crippen molar-refractivity contribution in [1.29, 1.82) is 0 Å². The van der Waals surface area contributed by atoms with Gasteiger partial charge in [-0.05, 0) is 12.1 Å². The molecule has 0 unspecified atom stereocenters. The summed E-state index contributed by atoms with van der Waals surface area (Å²) >= 11 is 0. The highest BCUT2D eigenvalue weighted by atomic mass is 19.3. The van der Waals surface area contributed by atoms with Crippen molar-refractivity contribution in [1.82, 2.24) is 4.90 Å². The second kappa shape index (κ2) is 4.66. The molecule has 4 heteroatoms. The van der Waals surface area contributed by atoms with Crippen molar-refractivity contribution in [3.8, 4) is 0 Å². The first-order valence-electron chi connectivity index (χ1n) is 4.91. The van der Waals surface area contributed by atoms with E-state index in [4.69, 9.17) is 0 Å². The number of hydrogen-bond acceptors (Lipinski definition) is 1. The van der Waals surface area contributed by atoms with Gasteiger partial charge in [0.2, 0.25) is 0 Å². The lowest BCUT2D eigenvalue weighted by atomic mass is 10.1. The van der Waals surface area contributed by atoms with E-state index in [1.165, 1.54) is 12.1 Å². The highest BCUT2D eigenvalue weighted by Crippen LogP contribution is 2.33. The fourth-order valence-corrected chi connectivity index (χ4v) is 1.50. The molecular weight excluding hydrogens is 203 g/mol. The summed E-state index contributed by atoms with van der Waals surface area (Å²) in [5.74, 6) is -0.866. The Labute approximate surface area is 87.5 Å². The summed E-state index contributed by atoms with van der Waals surface area (Å²) in [6, 6.07) is 1.74. The maximum Gasteiger partial charge on any atom is 0.334 e. The predicted octanol–water partition coefficient (Wildman–Crippen LogP) is 3.22. The molecule has 1 aromatic carbocycles. The van der Waals surface area contributed by atoms with Crippen LogP contribution in [0.25, 0.3) is 0 Å². The number of nitrogens with zero attached hydrogens (tertiary/aromatic N) is 1. The highest BCUT2D eigenvalue weighted by molar-refractivity contribution is 5.21. The topological polar surface area (TPSA) is 3.24 Å². The van der Waals surface area contributed by atoms with E-state index in [-0.39, 0.29) is 13.1 Å². The minimum Gasteiger partial charge on any atom is -0.241 e. The van der Waals surface area contributed by atoms with Crippen molar-refractivity contribution in [3.05, 3.63) is 35.6 Å². The van der Waals surface area contributed by atoms with Gasteiger partial charge in [0.05, 0.1) is 5.56 Å². The van der Waals surface area contributed by atoms with Crippen LogP contribution in [0.15, 0.2) is 24.3 Å². The third kappa shape index (κ3) is 2.31. The molecule has 1 rings (SSSR count). The molecule has 84 valence electrons. The summed E-state index contributed by atoms with van der Waals surface area (Å²) in [6.45, 7) is 3.60. The van der Waals surface area contributed by atoms with E-state index in [9.17, 15) is 13.2 Å². The number of alkyl halides is 2. The third-order valence-electron chi connectivity index (χ3n) is 2.36. The molecule has 1 aromatic rings. The highest BCUT2D eigenvalue weighted by Gasteiger charge is 2.39. The zero-order chi connectivity index (χ0) is 11.5. The molecule has 0 radical (unpaired) electrons. The fraction of sp³-hybridized carbons (Fsp3) is 0.455. The van der Waals surface area contributed by atoms with Crippen molar-refractivity contribution >= 4 is 0 Å². The molecule has 0 aliphatic carbocycles. The van der Waals surface area contributed by atoms with Gasteiger partial charge in [0.25, 0.3) is 0 Å². The molecular formula is C11H14F3N. The normalized spacial score (nSPS) is 12.1. The second-order valence-corrected chi connectivity index (χ2v) is 3.19. The molecule has 0 aromatic heterocycles. The molecule has 0 saturated carbocycles. The van der Waals surface area contributed by atoms with Gasteiger partial charge in [0.1, 0.15) is 5.82 Å². The minimum atomic E-state index is -3.24. The number of rotatable bonds is 4. The molecule has 0 atom stereocenters. The first-order valence-corrected chi connectivity index (χ1v) is 4.91. The molecule has 15 heavy (non-hydrogen) atoms. The average molecular weight is 217 g/mol. The maximum absolute atomic E-state index is 13.8. The largest absolute Gasteiger partial charge is 0.334 e. The van der Waals surface area contributed by atoms with Gasteiger partial charge in [-0.2, -0.15) is 8.78 Å². The van der Waals surface area contributed by atoms with Gasteiger partial charge in [0.15, 0.2) is 0 Å². The van der Waals surface area contributed by atoms with Crippen LogP contribution >= 0.6 is 0 Å². The van der Waals surface area contributed by atoms with E-state index >= 15 is 0 Å². The Morgan fingerprint density at radius 2 is 1.67 bits per heavy atom. The van der Waals surface area contributed by atoms with Crippen LogP contribution in [0.3, 0.4) is 0 Å². The van der Waals surface area contributed by atoms with E-state index in [1.54, 1.807) is 13.8 Å². The van der Waals surface area contributed by atoms with E-state index in [1.807, 2.05) is 0 Å². The maximum atomic E-state index is 13.8. The monoisotopic (exact) mass is 217 g/mol. The Bertz CT molecular complexity index is 321. The summed E-state index contributed by atoms with van der Waals surface area (Å²) in [5, 5.41) is 0. The van der Waals surface area contributed by atoms with Crippen LogP contribution in [0.2, 0.25) is 0 Å². The first-order chi connectivity index (χ1) is 7.04. The van der Waals surface area contributed by atoms with Gasteiger partial charge in [-0.1, -0.05) is 26.0 Å². The van der Waals surface area contributed by atoms with Crippen LogP contribution in [0.1, 0.15) is 19.4 Å². The van der Waals surface area contributed by atoms with E-state index in [0.29, 0.717) is 0 Å². The van der Waals surface area contributed by atoms with Gasteiger partial charge in [-0.25, -0.2) is 9.29 Å². The third-order valence-corrected chi connectivity index (χ3v) is 2.36. The molecule has 0 aliphatic heterocycles. The second-order valence-electron chi connectivity index (χ2n) is 3.19. The molecule has 0 heterocycles. The smallest absolute Gasteiger partial charge is 0.241 e. The number of halogens is 3. The van der Waals surface area contributed by atoms with Crippen molar-refractivity contribution in [3.63, 3.8) is 0 Å². The van der Waals surface area contributed by atoms with Crippen LogP contribution < -0.4 is 0 Å². The van der Waals surface area contributed by atoms with Gasteiger partial charge in [-0.15, -0.1) is 0 Å². The van der Waals surface area contributed by atoms with Crippen LogP contribution in [0.5, 0.6) is 0 Å². The van der Waals surface area contributed by atoms with Gasteiger partial charge in [0, 0.05) is 13.1 Å². The van der Waals surface area contributed by atoms with Gasteiger partial charge < -0.3 is 0 Å². The zero-order valence-corrected chi connectivity index (χ0v) is 8.80. The average Bonchev–Trinajstić information content (AvgIpc) is 2.19. The molecule has 0 fully saturated rings. The van der Waals surface area contributed by atoms with Crippen molar-refractivity contribution < 1.29 is 13.2 Å². The quantitative estimate of drug-likeness (QED) is 0.700. The van der Waals surface area contributed by atoms with Gasteiger partial charge in [-0.3, -0.25) is 0 Å². The number of benzene rings is 1. The lowest BCUT2D eigenvalue weighted by Crippen LogP contribution is -2.39. The zero-order valence-electron chi connectivity index (χ0n) is 8.80. The molecule has 0 saturated heterocycles. The summed E-state index contributed by atoms with van der Waals surface area (Å²) in [6.07, 6.45) is 0. The predicted molar refractivity (Wildman–Crippen MR) is 53.2 cm³/mol. The summed E-state index contributed by atoms with van der Waals surface area (Å²) in [7, 11) is 0. The van der Waals surface area contributed by atoms with Gasteiger partial charge >= 0.3 is 6.05 Å². The Kier molecular flexibility index (Phi) is 3.74. The molecule has 0 aliphatic rings. The minimum absolute atomic E-state index is 0.178. The standard InChI is InChI=1S/C11H14F3N/c1-3-15(4-2)11(13,14)9-7-5-6-8-10(9)12/h5-8H,3-4H2,1-2H3. The Morgan fingerprint density at radius 3 is 2.13 bits per heavy atom. The van der Waals surface area contributed by atoms with Crippen LogP contribution in [0.4, 0.5) is 13.2 Å². The summed E-state index contributed by atoms with van der Waals surface area (Å²) < 4.78 is 40.7. The summed E-state index contributed by atoms with van der Waals surface area (Å²) in [5.41, 5.74) is -0.561. The molecule has 0 amide bonds. The molecule has 0 spiro atoms. The van der Waals surface area contributed by atoms with E-state index < -0.39 is 17.4 Å². The van der Waals surface area contributed by atoms with E-state index in [0.717, 1.165) is 17.0 Å². The molecule has 0 bridgehead atoms. The van der Waals surface area contributed by atoms with Crippen molar-refractivity contribution in [2.45, 2.75) is 19.9 Å². The lowest BCUT2D eigenvalue weighted by molar-refractivity contribution is -0.153. The van der Waals surface area contributed by atoms with E-state index in [2.05, 4.69) is 0 Å². The molecule has 1 nitrogen and oxygen atoms in total. The number of hydrogen-bond donors (Lipinski definition) is 0. The Balaban J connectivity index is 3.09. The Morgan fingerprint density at radius 1 is 1.13 bits per heavy atom. The van der Waals surface area contributed by atoms with Crippen molar-refractivity contribution in [2.24, 2.45) is 0 Å². The van der Waals surface area contributed by atoms with Crippen LogP contribution in [-0.2, 0) is 6.05 Å². The van der Waals surface area contributed by atoms with Crippen LogP contribution in [-0.4, -0.2) is 18.0 Å². The summed E-state index contributed by atoms with van der Waals surface area (Å²) in [4.78, 5) is 0.922. The Hall–Kier alpha value is -1.03. The van der Waals surface area contributed by atoms with Crippen LogP contribution in [0, 0.1) is 5.82 Å². The first kappa shape index (κ1) is 12.0.